The molecule has 3 rings (SSSR count). The molecule has 10 heteroatoms. The van der Waals surface area contributed by atoms with Gasteiger partial charge in [-0.2, -0.15) is 0 Å². The first-order chi connectivity index (χ1) is 15.8. The molecule has 6 nitrogen and oxygen atoms in total. The lowest BCUT2D eigenvalue weighted by Crippen LogP contribution is -2.16. The highest BCUT2D eigenvalue weighted by molar-refractivity contribution is 7.99. The van der Waals surface area contributed by atoms with E-state index in [4.69, 9.17) is 39.5 Å². The Morgan fingerprint density at radius 3 is 2.55 bits per heavy atom. The molecule has 1 atom stereocenters. The minimum absolute atomic E-state index is 0.0968. The van der Waals surface area contributed by atoms with E-state index in [1.54, 1.807) is 6.08 Å². The monoisotopic (exact) mass is 524 g/mol. The van der Waals surface area contributed by atoms with Crippen molar-refractivity contribution >= 4 is 58.2 Å². The van der Waals surface area contributed by atoms with Crippen molar-refractivity contribution in [2.75, 3.05) is 11.1 Å². The lowest BCUT2D eigenvalue weighted by atomic mass is 10.2. The van der Waals surface area contributed by atoms with Crippen LogP contribution in [0.2, 0.25) is 15.1 Å². The Morgan fingerprint density at radius 2 is 1.88 bits per heavy atom. The van der Waals surface area contributed by atoms with Crippen molar-refractivity contribution in [2.24, 2.45) is 0 Å². The van der Waals surface area contributed by atoms with E-state index in [0.717, 1.165) is 12.2 Å². The predicted octanol–water partition coefficient (Wildman–Crippen LogP) is 6.86. The Bertz CT molecular complexity index is 1140. The summed E-state index contributed by atoms with van der Waals surface area (Å²) >= 11 is 19.3. The molecule has 3 aromatic rings. The zero-order valence-corrected chi connectivity index (χ0v) is 21.2. The van der Waals surface area contributed by atoms with E-state index < -0.39 is 0 Å². The van der Waals surface area contributed by atoms with E-state index in [9.17, 15) is 4.79 Å². The van der Waals surface area contributed by atoms with E-state index in [0.29, 0.717) is 38.3 Å². The van der Waals surface area contributed by atoms with Gasteiger partial charge in [-0.25, -0.2) is 0 Å². The zero-order valence-electron chi connectivity index (χ0n) is 18.1. The van der Waals surface area contributed by atoms with E-state index in [2.05, 4.69) is 29.0 Å². The number of ether oxygens (including phenoxy) is 1. The van der Waals surface area contributed by atoms with Crippen molar-refractivity contribution in [1.29, 1.82) is 0 Å². The summed E-state index contributed by atoms with van der Waals surface area (Å²) in [5.41, 5.74) is 1.63. The summed E-state index contributed by atoms with van der Waals surface area (Å²) in [4.78, 5) is 12.5. The third-order valence-corrected chi connectivity index (χ3v) is 6.68. The highest BCUT2D eigenvalue weighted by Gasteiger charge is 2.20. The summed E-state index contributed by atoms with van der Waals surface area (Å²) in [6.07, 6.45) is 2.37. The summed E-state index contributed by atoms with van der Waals surface area (Å²) in [5, 5.41) is 12.8. The highest BCUT2D eigenvalue weighted by atomic mass is 35.5. The molecule has 0 aliphatic rings. The summed E-state index contributed by atoms with van der Waals surface area (Å²) < 4.78 is 7.93. The molecule has 1 N–H and O–H groups in total. The standard InChI is InChI=1S/C23H23Cl3N4O2S/c1-4-10-30-22(14(3)32-16-8-6-15(5-2)7-9-16)28-29-23(30)33-13-21(31)27-20-12-18(25)17(24)11-19(20)26/h4,6-9,11-12,14H,1,5,10,13H2,2-3H3,(H,27,31). The maximum Gasteiger partial charge on any atom is 0.234 e. The molecule has 1 heterocycles. The number of carbonyl (C=O) groups excluding carboxylic acids is 1. The molecule has 0 radical (unpaired) electrons. The van der Waals surface area contributed by atoms with Gasteiger partial charge in [-0.15, -0.1) is 16.8 Å². The molecule has 0 aliphatic carbocycles. The van der Waals surface area contributed by atoms with Crippen molar-refractivity contribution in [3.63, 3.8) is 0 Å². The van der Waals surface area contributed by atoms with Gasteiger partial charge in [0.1, 0.15) is 5.75 Å². The third-order valence-electron chi connectivity index (χ3n) is 4.68. The first-order valence-electron chi connectivity index (χ1n) is 10.2. The van der Waals surface area contributed by atoms with Crippen molar-refractivity contribution in [1.82, 2.24) is 14.8 Å². The number of nitrogens with one attached hydrogen (secondary N) is 1. The molecule has 0 bridgehead atoms. The summed E-state index contributed by atoms with van der Waals surface area (Å²) in [7, 11) is 0. The molecule has 0 spiro atoms. The Hall–Kier alpha value is -2.19. The van der Waals surface area contributed by atoms with Crippen LogP contribution in [0.4, 0.5) is 5.69 Å². The number of hydrogen-bond acceptors (Lipinski definition) is 5. The van der Waals surface area contributed by atoms with Crippen molar-refractivity contribution in [3.8, 4) is 5.75 Å². The molecule has 1 unspecified atom stereocenters. The molecule has 33 heavy (non-hydrogen) atoms. The number of rotatable bonds is 10. The molecule has 2 aromatic carbocycles. The minimum Gasteiger partial charge on any atom is -0.483 e. The van der Waals surface area contributed by atoms with E-state index in [1.807, 2.05) is 35.8 Å². The lowest BCUT2D eigenvalue weighted by Gasteiger charge is -2.16. The topological polar surface area (TPSA) is 69.0 Å². The number of halogens is 3. The van der Waals surface area contributed by atoms with Gasteiger partial charge >= 0.3 is 0 Å². The van der Waals surface area contributed by atoms with Crippen molar-refractivity contribution in [3.05, 3.63) is 75.5 Å². The molecule has 0 saturated carbocycles. The maximum absolute atomic E-state index is 12.5. The van der Waals surface area contributed by atoms with Gasteiger partial charge in [0.2, 0.25) is 5.91 Å². The second-order valence-corrected chi connectivity index (χ2v) is 9.24. The molecule has 0 aliphatic heterocycles. The molecule has 0 saturated heterocycles. The van der Waals surface area contributed by atoms with Gasteiger partial charge in [-0.05, 0) is 43.2 Å². The van der Waals surface area contributed by atoms with Gasteiger partial charge < -0.3 is 10.1 Å². The average molecular weight is 526 g/mol. The van der Waals surface area contributed by atoms with Crippen molar-refractivity contribution in [2.45, 2.75) is 38.1 Å². The van der Waals surface area contributed by atoms with Crippen LogP contribution in [-0.2, 0) is 17.8 Å². The predicted molar refractivity (Wildman–Crippen MR) is 136 cm³/mol. The van der Waals surface area contributed by atoms with E-state index in [-0.39, 0.29) is 17.8 Å². The second kappa shape index (κ2) is 11.8. The third kappa shape index (κ3) is 6.67. The van der Waals surface area contributed by atoms with Gasteiger partial charge in [-0.3, -0.25) is 9.36 Å². The van der Waals surface area contributed by atoms with Crippen LogP contribution in [0.25, 0.3) is 0 Å². The first-order valence-corrected chi connectivity index (χ1v) is 12.3. The Morgan fingerprint density at radius 1 is 1.18 bits per heavy atom. The fourth-order valence-electron chi connectivity index (χ4n) is 3.00. The normalized spacial score (nSPS) is 11.8. The number of hydrogen-bond donors (Lipinski definition) is 1. The molecule has 0 fully saturated rings. The summed E-state index contributed by atoms with van der Waals surface area (Å²) in [6, 6.07) is 11.0. The number of aromatic nitrogens is 3. The Balaban J connectivity index is 1.67. The van der Waals surface area contributed by atoms with Crippen LogP contribution in [0.3, 0.4) is 0 Å². The number of benzene rings is 2. The number of amides is 1. The van der Waals surface area contributed by atoms with Crippen LogP contribution >= 0.6 is 46.6 Å². The smallest absolute Gasteiger partial charge is 0.234 e. The van der Waals surface area contributed by atoms with Crippen LogP contribution in [0.5, 0.6) is 5.75 Å². The molecular weight excluding hydrogens is 503 g/mol. The van der Waals surface area contributed by atoms with Crippen LogP contribution in [0.15, 0.2) is 54.2 Å². The Kier molecular flexibility index (Phi) is 9.09. The number of anilines is 1. The van der Waals surface area contributed by atoms with E-state index >= 15 is 0 Å². The zero-order chi connectivity index (χ0) is 24.0. The fourth-order valence-corrected chi connectivity index (χ4v) is 4.35. The van der Waals surface area contributed by atoms with Crippen LogP contribution in [-0.4, -0.2) is 26.4 Å². The van der Waals surface area contributed by atoms with Crippen molar-refractivity contribution < 1.29 is 9.53 Å². The maximum atomic E-state index is 12.5. The van der Waals surface area contributed by atoms with Crippen LogP contribution < -0.4 is 10.1 Å². The van der Waals surface area contributed by atoms with Gasteiger partial charge in [-0.1, -0.05) is 71.7 Å². The summed E-state index contributed by atoms with van der Waals surface area (Å²) in [6.45, 7) is 8.31. The SMILES string of the molecule is C=CCn1c(SCC(=O)Nc2cc(Cl)c(Cl)cc2Cl)nnc1C(C)Oc1ccc(CC)cc1. The number of allylic oxidation sites excluding steroid dienone is 1. The second-order valence-electron chi connectivity index (χ2n) is 7.08. The molecular formula is C23H23Cl3N4O2S. The van der Waals surface area contributed by atoms with Gasteiger partial charge in [0, 0.05) is 6.54 Å². The number of carbonyl (C=O) groups is 1. The van der Waals surface area contributed by atoms with E-state index in [1.165, 1.54) is 29.5 Å². The highest BCUT2D eigenvalue weighted by Crippen LogP contribution is 2.32. The first kappa shape index (κ1) is 25.4. The summed E-state index contributed by atoms with van der Waals surface area (Å²) in [5.74, 6) is 1.22. The number of thioether (sulfide) groups is 1. The largest absolute Gasteiger partial charge is 0.483 e. The Labute approximate surface area is 212 Å². The molecule has 1 amide bonds. The minimum atomic E-state index is -0.344. The van der Waals surface area contributed by atoms with Crippen LogP contribution in [0.1, 0.15) is 31.3 Å². The van der Waals surface area contributed by atoms with Gasteiger partial charge in [0.05, 0.1) is 26.5 Å². The van der Waals surface area contributed by atoms with Gasteiger partial charge in [0.25, 0.3) is 0 Å². The molecule has 174 valence electrons. The quantitative estimate of drug-likeness (QED) is 0.178. The molecule has 1 aromatic heterocycles. The van der Waals surface area contributed by atoms with Gasteiger partial charge in [0.15, 0.2) is 17.1 Å². The average Bonchev–Trinajstić information content (AvgIpc) is 3.19. The lowest BCUT2D eigenvalue weighted by molar-refractivity contribution is -0.113. The van der Waals surface area contributed by atoms with Crippen LogP contribution in [0, 0.1) is 0 Å². The number of nitrogens with zero attached hydrogens (tertiary/aromatic N) is 3. The fraction of sp³-hybridized carbons (Fsp3) is 0.261. The number of aryl methyl sites for hydroxylation is 1.